The summed E-state index contributed by atoms with van der Waals surface area (Å²) in [4.78, 5) is 25.2. The van der Waals surface area contributed by atoms with Crippen LogP contribution in [0, 0.1) is 0 Å². The van der Waals surface area contributed by atoms with Crippen LogP contribution in [0.3, 0.4) is 0 Å². The third-order valence-electron chi connectivity index (χ3n) is 5.73. The van der Waals surface area contributed by atoms with Crippen LogP contribution in [0.5, 0.6) is 5.75 Å². The van der Waals surface area contributed by atoms with Crippen molar-refractivity contribution in [2.45, 2.75) is 19.4 Å². The zero-order valence-electron chi connectivity index (χ0n) is 19.4. The molecule has 0 atom stereocenters. The number of ether oxygens (including phenoxy) is 1. The number of anilines is 1. The van der Waals surface area contributed by atoms with Gasteiger partial charge in [-0.1, -0.05) is 78.1 Å². The Morgan fingerprint density at radius 2 is 1.66 bits per heavy atom. The van der Waals surface area contributed by atoms with Crippen LogP contribution in [0.15, 0.2) is 103 Å². The molecule has 0 fully saturated rings. The Hall–Kier alpha value is -4.03. The van der Waals surface area contributed by atoms with Crippen LogP contribution in [0.25, 0.3) is 10.2 Å². The van der Waals surface area contributed by atoms with Gasteiger partial charge in [-0.05, 0) is 47.9 Å². The molecule has 6 heteroatoms. The fraction of sp³-hybridized carbons (Fsp3) is 0.138. The van der Waals surface area contributed by atoms with Gasteiger partial charge < -0.3 is 4.74 Å². The number of thiazole rings is 1. The van der Waals surface area contributed by atoms with Gasteiger partial charge in [-0.25, -0.2) is 4.98 Å². The lowest BCUT2D eigenvalue weighted by Gasteiger charge is -2.26. The maximum atomic E-state index is 14.3. The summed E-state index contributed by atoms with van der Waals surface area (Å²) in [7, 11) is 0. The van der Waals surface area contributed by atoms with Gasteiger partial charge in [0.2, 0.25) is 5.91 Å². The Morgan fingerprint density at radius 3 is 2.29 bits per heavy atom. The van der Waals surface area contributed by atoms with Crippen molar-refractivity contribution in [2.75, 3.05) is 11.5 Å². The van der Waals surface area contributed by atoms with Crippen LogP contribution in [-0.4, -0.2) is 22.5 Å². The van der Waals surface area contributed by atoms with Gasteiger partial charge in [0, 0.05) is 12.4 Å². The number of pyridine rings is 1. The molecule has 0 bridgehead atoms. The monoisotopic (exact) mass is 479 g/mol. The van der Waals surface area contributed by atoms with E-state index in [0.29, 0.717) is 18.3 Å². The molecule has 0 N–H and O–H groups in total. The number of carbonyl (C=O) groups is 1. The molecular formula is C29H25N3O2S. The highest BCUT2D eigenvalue weighted by Gasteiger charge is 2.30. The summed E-state index contributed by atoms with van der Waals surface area (Å²) < 4.78 is 6.65. The van der Waals surface area contributed by atoms with E-state index in [4.69, 9.17) is 9.72 Å². The summed E-state index contributed by atoms with van der Waals surface area (Å²) in [5.74, 6) is 0.308. The normalized spacial score (nSPS) is 11.0. The van der Waals surface area contributed by atoms with Crippen molar-refractivity contribution < 1.29 is 9.53 Å². The zero-order chi connectivity index (χ0) is 24.0. The Balaban J connectivity index is 1.60. The molecule has 5 rings (SSSR count). The number of aromatic nitrogens is 2. The van der Waals surface area contributed by atoms with Crippen LogP contribution in [0.1, 0.15) is 29.5 Å². The van der Waals surface area contributed by atoms with Crippen molar-refractivity contribution in [1.82, 2.24) is 9.97 Å². The summed E-state index contributed by atoms with van der Waals surface area (Å²) in [6, 6.07) is 29.5. The van der Waals surface area contributed by atoms with Crippen molar-refractivity contribution in [3.8, 4) is 5.75 Å². The molecule has 0 saturated carbocycles. The summed E-state index contributed by atoms with van der Waals surface area (Å²) in [5.41, 5.74) is 3.67. The van der Waals surface area contributed by atoms with E-state index in [0.717, 1.165) is 32.7 Å². The van der Waals surface area contributed by atoms with Gasteiger partial charge >= 0.3 is 0 Å². The SMILES string of the molecule is CCOc1ccc2nc(N(Cc3cccnc3)C(=O)C(c3ccccc3)c3ccccc3)sc2c1. The molecule has 0 aliphatic rings. The van der Waals surface area contributed by atoms with Gasteiger partial charge in [-0.2, -0.15) is 0 Å². The first-order valence-corrected chi connectivity index (χ1v) is 12.4. The van der Waals surface area contributed by atoms with Crippen LogP contribution in [-0.2, 0) is 11.3 Å². The maximum Gasteiger partial charge on any atom is 0.241 e. The van der Waals surface area contributed by atoms with Crippen molar-refractivity contribution in [2.24, 2.45) is 0 Å². The number of hydrogen-bond acceptors (Lipinski definition) is 5. The molecule has 5 aromatic rings. The standard InChI is InChI=1S/C29H25N3O2S/c1-2-34-24-15-16-25-26(18-24)35-29(31-25)32(20-21-10-9-17-30-19-21)28(33)27(22-11-5-3-6-12-22)23-13-7-4-8-14-23/h3-19,27H,2,20H2,1H3. The lowest BCUT2D eigenvalue weighted by molar-refractivity contribution is -0.119. The van der Waals surface area contributed by atoms with Gasteiger partial charge in [-0.15, -0.1) is 0 Å². The predicted octanol–water partition coefficient (Wildman–Crippen LogP) is 6.46. The highest BCUT2D eigenvalue weighted by molar-refractivity contribution is 7.22. The number of rotatable bonds is 8. The highest BCUT2D eigenvalue weighted by Crippen LogP contribution is 2.35. The van der Waals surface area contributed by atoms with Crippen LogP contribution in [0.4, 0.5) is 5.13 Å². The largest absolute Gasteiger partial charge is 0.494 e. The van der Waals surface area contributed by atoms with Crippen LogP contribution >= 0.6 is 11.3 Å². The number of hydrogen-bond donors (Lipinski definition) is 0. The van der Waals surface area contributed by atoms with Gasteiger partial charge in [0.1, 0.15) is 5.75 Å². The van der Waals surface area contributed by atoms with E-state index in [1.54, 1.807) is 17.3 Å². The average Bonchev–Trinajstić information content (AvgIpc) is 3.32. The van der Waals surface area contributed by atoms with Crippen LogP contribution in [0.2, 0.25) is 0 Å². The minimum Gasteiger partial charge on any atom is -0.494 e. The number of nitrogens with zero attached hydrogens (tertiary/aromatic N) is 3. The van der Waals surface area contributed by atoms with E-state index in [1.807, 2.05) is 97.9 Å². The Kier molecular flexibility index (Phi) is 6.82. The molecule has 174 valence electrons. The summed E-state index contributed by atoms with van der Waals surface area (Å²) in [6.07, 6.45) is 3.53. The minimum absolute atomic E-state index is 0.0321. The lowest BCUT2D eigenvalue weighted by atomic mass is 9.90. The fourth-order valence-corrected chi connectivity index (χ4v) is 5.10. The van der Waals surface area contributed by atoms with E-state index in [9.17, 15) is 4.79 Å². The minimum atomic E-state index is -0.458. The van der Waals surface area contributed by atoms with Crippen molar-refractivity contribution in [3.63, 3.8) is 0 Å². The molecule has 0 unspecified atom stereocenters. The molecule has 3 aromatic carbocycles. The molecule has 0 aliphatic heterocycles. The first-order valence-electron chi connectivity index (χ1n) is 11.6. The van der Waals surface area contributed by atoms with Gasteiger partial charge in [0.25, 0.3) is 0 Å². The molecule has 2 aromatic heterocycles. The first-order chi connectivity index (χ1) is 17.2. The first kappa shape index (κ1) is 22.7. The Morgan fingerprint density at radius 1 is 0.943 bits per heavy atom. The van der Waals surface area contributed by atoms with Crippen molar-refractivity contribution in [3.05, 3.63) is 120 Å². The fourth-order valence-electron chi connectivity index (χ4n) is 4.10. The van der Waals surface area contributed by atoms with E-state index in [2.05, 4.69) is 4.98 Å². The molecule has 2 heterocycles. The molecule has 0 radical (unpaired) electrons. The third kappa shape index (κ3) is 5.08. The van der Waals surface area contributed by atoms with E-state index in [1.165, 1.54) is 11.3 Å². The van der Waals surface area contributed by atoms with Gasteiger partial charge in [-0.3, -0.25) is 14.7 Å². The molecule has 35 heavy (non-hydrogen) atoms. The summed E-state index contributed by atoms with van der Waals surface area (Å²) in [5, 5.41) is 0.652. The van der Waals surface area contributed by atoms with Crippen LogP contribution < -0.4 is 9.64 Å². The quantitative estimate of drug-likeness (QED) is 0.256. The Labute approximate surface area is 208 Å². The predicted molar refractivity (Wildman–Crippen MR) is 141 cm³/mol. The molecule has 5 nitrogen and oxygen atoms in total. The summed E-state index contributed by atoms with van der Waals surface area (Å²) in [6.45, 7) is 2.93. The molecule has 0 saturated heterocycles. The van der Waals surface area contributed by atoms with Crippen molar-refractivity contribution in [1.29, 1.82) is 0 Å². The highest BCUT2D eigenvalue weighted by atomic mass is 32.1. The van der Waals surface area contributed by atoms with Gasteiger partial charge in [0.05, 0.1) is 29.3 Å². The summed E-state index contributed by atoms with van der Waals surface area (Å²) >= 11 is 1.49. The van der Waals surface area contributed by atoms with E-state index in [-0.39, 0.29) is 5.91 Å². The smallest absolute Gasteiger partial charge is 0.241 e. The number of carbonyl (C=O) groups excluding carboxylic acids is 1. The Bertz CT molecular complexity index is 1370. The van der Waals surface area contributed by atoms with Crippen molar-refractivity contribution >= 4 is 32.6 Å². The van der Waals surface area contributed by atoms with E-state index < -0.39 is 5.92 Å². The molecule has 1 amide bonds. The average molecular weight is 480 g/mol. The third-order valence-corrected chi connectivity index (χ3v) is 6.77. The number of amides is 1. The number of benzene rings is 3. The molecule has 0 aliphatic carbocycles. The second kappa shape index (κ2) is 10.5. The number of fused-ring (bicyclic) bond motifs is 1. The van der Waals surface area contributed by atoms with Gasteiger partial charge in [0.15, 0.2) is 5.13 Å². The van der Waals surface area contributed by atoms with E-state index >= 15 is 0 Å². The maximum absolute atomic E-state index is 14.3. The topological polar surface area (TPSA) is 55.3 Å². The molecular weight excluding hydrogens is 454 g/mol. The molecule has 0 spiro atoms. The zero-order valence-corrected chi connectivity index (χ0v) is 20.2. The second-order valence-corrected chi connectivity index (χ2v) is 9.11. The lowest BCUT2D eigenvalue weighted by Crippen LogP contribution is -2.35. The second-order valence-electron chi connectivity index (χ2n) is 8.10.